The highest BCUT2D eigenvalue weighted by Crippen LogP contribution is 2.21. The third kappa shape index (κ3) is 6.13. The van der Waals surface area contributed by atoms with Crippen LogP contribution in [0.4, 0.5) is 0 Å². The Kier molecular flexibility index (Phi) is 8.24. The second kappa shape index (κ2) is 11.3. The Morgan fingerprint density at radius 3 is 2.44 bits per heavy atom. The summed E-state index contributed by atoms with van der Waals surface area (Å²) in [5, 5.41) is 4.09. The summed E-state index contributed by atoms with van der Waals surface area (Å²) in [7, 11) is 0. The maximum atomic E-state index is 12.2. The van der Waals surface area contributed by atoms with Crippen molar-refractivity contribution in [2.45, 2.75) is 41.0 Å². The maximum Gasteiger partial charge on any atom is 0.338 e. The summed E-state index contributed by atoms with van der Waals surface area (Å²) in [5.41, 5.74) is 9.05. The van der Waals surface area contributed by atoms with Crippen LogP contribution in [-0.2, 0) is 16.0 Å². The van der Waals surface area contributed by atoms with Gasteiger partial charge in [-0.15, -0.1) is 0 Å². The molecule has 2 aromatic carbocycles. The predicted octanol–water partition coefficient (Wildman–Crippen LogP) is 4.67. The molecular formula is C27H31N3O4. The molecule has 0 spiro atoms. The van der Waals surface area contributed by atoms with Crippen LogP contribution in [0.15, 0.2) is 53.6 Å². The highest BCUT2D eigenvalue weighted by molar-refractivity contribution is 5.89. The normalized spacial score (nSPS) is 11.0. The number of hydrogen-bond acceptors (Lipinski definition) is 5. The number of esters is 1. The van der Waals surface area contributed by atoms with Crippen LogP contribution in [0.2, 0.25) is 0 Å². The van der Waals surface area contributed by atoms with Crippen molar-refractivity contribution in [3.8, 4) is 11.4 Å². The van der Waals surface area contributed by atoms with Crippen LogP contribution in [0, 0.1) is 20.8 Å². The number of nitrogens with zero attached hydrogens (tertiary/aromatic N) is 2. The SMILES string of the molecule is CCOC(=O)c1ccc(-n2c(C)cc(/C=N/NC(=O)COc3cc(C)cc(CC)c3)c2C)cc1. The number of amides is 1. The molecule has 178 valence electrons. The van der Waals surface area contributed by atoms with E-state index < -0.39 is 0 Å². The molecule has 0 aliphatic carbocycles. The van der Waals surface area contributed by atoms with E-state index in [0.717, 1.165) is 34.6 Å². The maximum absolute atomic E-state index is 12.2. The van der Waals surface area contributed by atoms with E-state index in [2.05, 4.69) is 28.1 Å². The lowest BCUT2D eigenvalue weighted by atomic mass is 10.1. The zero-order chi connectivity index (χ0) is 24.7. The average Bonchev–Trinajstić information content (AvgIpc) is 3.10. The van der Waals surface area contributed by atoms with Crippen LogP contribution in [-0.4, -0.2) is 35.9 Å². The largest absolute Gasteiger partial charge is 0.484 e. The fourth-order valence-corrected chi connectivity index (χ4v) is 3.74. The Morgan fingerprint density at radius 2 is 1.76 bits per heavy atom. The van der Waals surface area contributed by atoms with E-state index in [1.54, 1.807) is 25.3 Å². The summed E-state index contributed by atoms with van der Waals surface area (Å²) in [4.78, 5) is 24.0. The zero-order valence-electron chi connectivity index (χ0n) is 20.3. The zero-order valence-corrected chi connectivity index (χ0v) is 20.3. The fraction of sp³-hybridized carbons (Fsp3) is 0.296. The highest BCUT2D eigenvalue weighted by atomic mass is 16.5. The summed E-state index contributed by atoms with van der Waals surface area (Å²) in [6, 6.07) is 15.2. The van der Waals surface area contributed by atoms with Crippen molar-refractivity contribution < 1.29 is 19.1 Å². The lowest BCUT2D eigenvalue weighted by Gasteiger charge is -2.10. The van der Waals surface area contributed by atoms with Gasteiger partial charge in [-0.1, -0.05) is 13.0 Å². The third-order valence-corrected chi connectivity index (χ3v) is 5.39. The average molecular weight is 462 g/mol. The van der Waals surface area contributed by atoms with Crippen molar-refractivity contribution in [1.82, 2.24) is 9.99 Å². The number of hydrazone groups is 1. The monoisotopic (exact) mass is 461 g/mol. The molecule has 0 bridgehead atoms. The number of ether oxygens (including phenoxy) is 2. The van der Waals surface area contributed by atoms with E-state index >= 15 is 0 Å². The van der Waals surface area contributed by atoms with Crippen molar-refractivity contribution in [3.63, 3.8) is 0 Å². The summed E-state index contributed by atoms with van der Waals surface area (Å²) in [5.74, 6) is 0.00316. The number of rotatable bonds is 9. The molecule has 0 aliphatic heterocycles. The lowest BCUT2D eigenvalue weighted by Crippen LogP contribution is -2.24. The summed E-state index contributed by atoms with van der Waals surface area (Å²) >= 11 is 0. The van der Waals surface area contributed by atoms with Gasteiger partial charge in [0.15, 0.2) is 6.61 Å². The first-order valence-electron chi connectivity index (χ1n) is 11.3. The van der Waals surface area contributed by atoms with Crippen molar-refractivity contribution in [2.24, 2.45) is 5.10 Å². The smallest absolute Gasteiger partial charge is 0.338 e. The number of carbonyl (C=O) groups excluding carboxylic acids is 2. The van der Waals surface area contributed by atoms with Gasteiger partial charge >= 0.3 is 5.97 Å². The van der Waals surface area contributed by atoms with E-state index in [4.69, 9.17) is 9.47 Å². The van der Waals surface area contributed by atoms with Gasteiger partial charge in [0.05, 0.1) is 18.4 Å². The van der Waals surface area contributed by atoms with Gasteiger partial charge in [0.25, 0.3) is 5.91 Å². The van der Waals surface area contributed by atoms with Crippen LogP contribution in [0.1, 0.15) is 52.3 Å². The lowest BCUT2D eigenvalue weighted by molar-refractivity contribution is -0.123. The van der Waals surface area contributed by atoms with Crippen LogP contribution in [0.3, 0.4) is 0 Å². The summed E-state index contributed by atoms with van der Waals surface area (Å²) in [6.45, 7) is 10.0. The highest BCUT2D eigenvalue weighted by Gasteiger charge is 2.12. The van der Waals surface area contributed by atoms with Crippen LogP contribution < -0.4 is 10.2 Å². The van der Waals surface area contributed by atoms with E-state index in [-0.39, 0.29) is 18.5 Å². The molecule has 3 rings (SSSR count). The minimum atomic E-state index is -0.337. The molecule has 0 fully saturated rings. The first-order valence-corrected chi connectivity index (χ1v) is 11.3. The first-order chi connectivity index (χ1) is 16.3. The second-order valence-electron chi connectivity index (χ2n) is 8.02. The van der Waals surface area contributed by atoms with E-state index in [0.29, 0.717) is 17.9 Å². The van der Waals surface area contributed by atoms with Gasteiger partial charge in [-0.25, -0.2) is 10.2 Å². The number of benzene rings is 2. The quantitative estimate of drug-likeness (QED) is 0.285. The Hall–Kier alpha value is -3.87. The molecular weight excluding hydrogens is 430 g/mol. The Bertz CT molecular complexity index is 1190. The first kappa shape index (κ1) is 24.8. The standard InChI is InChI=1S/C27H31N3O4/c1-6-21-12-18(3)13-25(15-21)34-17-26(31)29-28-16-23-14-19(4)30(20(23)5)24-10-8-22(9-11-24)27(32)33-7-2/h8-16H,6-7,17H2,1-5H3,(H,29,31)/b28-16+. The molecule has 0 saturated heterocycles. The van der Waals surface area contributed by atoms with Gasteiger partial charge in [0.2, 0.25) is 0 Å². The van der Waals surface area contributed by atoms with E-state index in [9.17, 15) is 9.59 Å². The van der Waals surface area contributed by atoms with Crippen LogP contribution in [0.25, 0.3) is 5.69 Å². The number of aromatic nitrogens is 1. The second-order valence-corrected chi connectivity index (χ2v) is 8.02. The topological polar surface area (TPSA) is 81.9 Å². The Balaban J connectivity index is 1.62. The third-order valence-electron chi connectivity index (χ3n) is 5.39. The molecule has 1 amide bonds. The molecule has 0 aliphatic rings. The van der Waals surface area contributed by atoms with Crippen molar-refractivity contribution >= 4 is 18.1 Å². The fourth-order valence-electron chi connectivity index (χ4n) is 3.74. The summed E-state index contributed by atoms with van der Waals surface area (Å²) < 4.78 is 12.7. The molecule has 1 aromatic heterocycles. The minimum Gasteiger partial charge on any atom is -0.484 e. The Morgan fingerprint density at radius 1 is 1.03 bits per heavy atom. The van der Waals surface area contributed by atoms with E-state index in [1.807, 2.05) is 51.1 Å². The van der Waals surface area contributed by atoms with Crippen molar-refractivity contribution in [2.75, 3.05) is 13.2 Å². The molecule has 0 saturated carbocycles. The van der Waals surface area contributed by atoms with Crippen molar-refractivity contribution in [3.05, 3.63) is 82.2 Å². The summed E-state index contributed by atoms with van der Waals surface area (Å²) in [6.07, 6.45) is 2.52. The molecule has 34 heavy (non-hydrogen) atoms. The number of aryl methyl sites for hydroxylation is 3. The predicted molar refractivity (Wildman–Crippen MR) is 133 cm³/mol. The minimum absolute atomic E-state index is 0.115. The van der Waals surface area contributed by atoms with Gasteiger partial charge in [0.1, 0.15) is 5.75 Å². The van der Waals surface area contributed by atoms with E-state index in [1.165, 1.54) is 5.56 Å². The molecule has 7 heteroatoms. The van der Waals surface area contributed by atoms with Gasteiger partial charge in [-0.05, 0) is 87.7 Å². The van der Waals surface area contributed by atoms with Gasteiger partial charge in [-0.2, -0.15) is 5.10 Å². The molecule has 0 unspecified atom stereocenters. The molecule has 7 nitrogen and oxygen atoms in total. The van der Waals surface area contributed by atoms with Gasteiger partial charge < -0.3 is 14.0 Å². The molecule has 3 aromatic rings. The van der Waals surface area contributed by atoms with Gasteiger partial charge in [0, 0.05) is 22.6 Å². The molecule has 1 heterocycles. The molecule has 0 atom stereocenters. The molecule has 0 radical (unpaired) electrons. The van der Waals surface area contributed by atoms with Crippen LogP contribution >= 0.6 is 0 Å². The number of carbonyl (C=O) groups is 2. The number of hydrogen-bond donors (Lipinski definition) is 1. The Labute approximate surface area is 200 Å². The van der Waals surface area contributed by atoms with Crippen molar-refractivity contribution in [1.29, 1.82) is 0 Å². The van der Waals surface area contributed by atoms with Gasteiger partial charge in [-0.3, -0.25) is 4.79 Å². The molecule has 1 N–H and O–H groups in total. The number of nitrogens with one attached hydrogen (secondary N) is 1. The van der Waals surface area contributed by atoms with Crippen LogP contribution in [0.5, 0.6) is 5.75 Å².